The van der Waals surface area contributed by atoms with Gasteiger partial charge in [-0.2, -0.15) is 4.52 Å². The molecule has 1 amide bonds. The smallest absolute Gasteiger partial charge is 0.409 e. The van der Waals surface area contributed by atoms with Crippen LogP contribution in [0, 0.1) is 12.7 Å². The van der Waals surface area contributed by atoms with Gasteiger partial charge in [0.15, 0.2) is 0 Å². The van der Waals surface area contributed by atoms with Crippen molar-refractivity contribution in [2.24, 2.45) is 0 Å². The largest absolute Gasteiger partial charge is 0.492 e. The number of aromatic nitrogens is 3. The van der Waals surface area contributed by atoms with Gasteiger partial charge in [-0.15, -0.1) is 5.10 Å². The van der Waals surface area contributed by atoms with Crippen LogP contribution in [0.4, 0.5) is 9.18 Å². The van der Waals surface area contributed by atoms with Crippen molar-refractivity contribution in [1.29, 1.82) is 0 Å². The molecule has 1 N–H and O–H groups in total. The first kappa shape index (κ1) is 19.6. The molecular weight excluding hydrogens is 397 g/mol. The van der Waals surface area contributed by atoms with Crippen LogP contribution in [0.3, 0.4) is 0 Å². The summed E-state index contributed by atoms with van der Waals surface area (Å²) in [5, 5.41) is 15.0. The van der Waals surface area contributed by atoms with Crippen molar-refractivity contribution in [3.63, 3.8) is 0 Å². The van der Waals surface area contributed by atoms with E-state index in [1.54, 1.807) is 36.9 Å². The number of fused-ring (bicyclic) bond motifs is 1. The average molecular weight is 419 g/mol. The molecule has 154 valence electrons. The zero-order valence-electron chi connectivity index (χ0n) is 16.2. The highest BCUT2D eigenvalue weighted by Crippen LogP contribution is 2.40. The highest BCUT2D eigenvalue weighted by Gasteiger charge is 2.34. The molecule has 0 saturated carbocycles. The van der Waals surface area contributed by atoms with Crippen LogP contribution in [0.25, 0.3) is 4.96 Å². The Morgan fingerprint density at radius 2 is 2.03 bits per heavy atom. The molecule has 1 fully saturated rings. The Morgan fingerprint density at radius 1 is 1.31 bits per heavy atom. The summed E-state index contributed by atoms with van der Waals surface area (Å²) in [4.78, 5) is 21.2. The number of nitrogens with zero attached hydrogens (tertiary/aromatic N) is 5. The van der Waals surface area contributed by atoms with Crippen LogP contribution in [0.5, 0.6) is 5.88 Å². The zero-order chi connectivity index (χ0) is 20.5. The fourth-order valence-electron chi connectivity index (χ4n) is 3.60. The van der Waals surface area contributed by atoms with Crippen molar-refractivity contribution in [2.45, 2.75) is 19.9 Å². The Hall–Kier alpha value is -2.72. The predicted molar refractivity (Wildman–Crippen MR) is 106 cm³/mol. The predicted octanol–water partition coefficient (Wildman–Crippen LogP) is 2.81. The number of amides is 1. The van der Waals surface area contributed by atoms with Gasteiger partial charge in [0.2, 0.25) is 10.8 Å². The van der Waals surface area contributed by atoms with Gasteiger partial charge >= 0.3 is 6.09 Å². The van der Waals surface area contributed by atoms with Gasteiger partial charge in [0, 0.05) is 31.7 Å². The second kappa shape index (κ2) is 7.96. The van der Waals surface area contributed by atoms with Crippen LogP contribution >= 0.6 is 11.3 Å². The number of ether oxygens (including phenoxy) is 1. The molecule has 3 aromatic rings. The lowest BCUT2D eigenvalue weighted by Crippen LogP contribution is -2.50. The number of halogens is 1. The van der Waals surface area contributed by atoms with Crippen LogP contribution in [0.15, 0.2) is 24.3 Å². The Bertz CT molecular complexity index is 1030. The first-order valence-electron chi connectivity index (χ1n) is 9.44. The number of aryl methyl sites for hydroxylation is 1. The molecule has 10 heteroatoms. The lowest BCUT2D eigenvalue weighted by Gasteiger charge is -2.38. The van der Waals surface area contributed by atoms with E-state index < -0.39 is 6.04 Å². The summed E-state index contributed by atoms with van der Waals surface area (Å²) in [6.07, 6.45) is -0.341. The fourth-order valence-corrected chi connectivity index (χ4v) is 4.76. The van der Waals surface area contributed by atoms with Crippen LogP contribution in [-0.4, -0.2) is 68.4 Å². The quantitative estimate of drug-likeness (QED) is 0.700. The third-order valence-corrected chi connectivity index (χ3v) is 6.03. The molecule has 0 aliphatic carbocycles. The van der Waals surface area contributed by atoms with Crippen molar-refractivity contribution in [3.8, 4) is 5.88 Å². The summed E-state index contributed by atoms with van der Waals surface area (Å²) < 4.78 is 21.2. The van der Waals surface area contributed by atoms with E-state index in [-0.39, 0.29) is 17.8 Å². The third kappa shape index (κ3) is 3.65. The first-order valence-corrected chi connectivity index (χ1v) is 10.3. The van der Waals surface area contributed by atoms with Crippen molar-refractivity contribution in [1.82, 2.24) is 24.4 Å². The van der Waals surface area contributed by atoms with Crippen molar-refractivity contribution in [3.05, 3.63) is 46.3 Å². The van der Waals surface area contributed by atoms with Crippen LogP contribution in [0.2, 0.25) is 0 Å². The number of carbonyl (C=O) groups excluding carboxylic acids is 1. The molecule has 1 aromatic carbocycles. The van der Waals surface area contributed by atoms with Gasteiger partial charge in [-0.1, -0.05) is 29.5 Å². The van der Waals surface area contributed by atoms with E-state index in [4.69, 9.17) is 4.74 Å². The molecule has 29 heavy (non-hydrogen) atoms. The summed E-state index contributed by atoms with van der Waals surface area (Å²) >= 11 is 1.29. The number of benzene rings is 1. The Labute approximate surface area is 171 Å². The van der Waals surface area contributed by atoms with E-state index in [0.717, 1.165) is 0 Å². The summed E-state index contributed by atoms with van der Waals surface area (Å²) in [5.74, 6) is 0.176. The molecule has 0 radical (unpaired) electrons. The molecule has 2 aromatic heterocycles. The molecule has 0 spiro atoms. The normalized spacial score (nSPS) is 16.3. The SMILES string of the molecule is CCOC(=O)N1CCN(C(c2ccccc2F)c2sc3nc(C)nn3c2O)CC1. The van der Waals surface area contributed by atoms with Gasteiger partial charge in [-0.05, 0) is 19.9 Å². The molecule has 1 unspecified atom stereocenters. The zero-order valence-corrected chi connectivity index (χ0v) is 17.0. The molecule has 1 aliphatic heterocycles. The van der Waals surface area contributed by atoms with Crippen LogP contribution in [0.1, 0.15) is 29.2 Å². The first-order chi connectivity index (χ1) is 14.0. The fraction of sp³-hybridized carbons (Fsp3) is 0.421. The maximum Gasteiger partial charge on any atom is 0.409 e. The Morgan fingerprint density at radius 3 is 2.69 bits per heavy atom. The second-order valence-corrected chi connectivity index (χ2v) is 7.80. The van der Waals surface area contributed by atoms with Gasteiger partial charge in [0.25, 0.3) is 0 Å². The molecule has 1 saturated heterocycles. The lowest BCUT2D eigenvalue weighted by atomic mass is 10.0. The molecule has 0 bridgehead atoms. The van der Waals surface area contributed by atoms with E-state index in [1.165, 1.54) is 21.9 Å². The molecule has 1 atom stereocenters. The summed E-state index contributed by atoms with van der Waals surface area (Å²) in [7, 11) is 0. The number of thiazole rings is 1. The number of aromatic hydroxyl groups is 1. The highest BCUT2D eigenvalue weighted by atomic mass is 32.1. The Kier molecular flexibility index (Phi) is 5.37. The van der Waals surface area contributed by atoms with E-state index in [1.807, 2.05) is 0 Å². The van der Waals surface area contributed by atoms with Crippen molar-refractivity contribution >= 4 is 22.4 Å². The number of carbonyl (C=O) groups is 1. The van der Waals surface area contributed by atoms with E-state index in [0.29, 0.717) is 54.0 Å². The Balaban J connectivity index is 1.69. The minimum Gasteiger partial charge on any atom is -0.492 e. The number of hydrogen-bond acceptors (Lipinski definition) is 7. The van der Waals surface area contributed by atoms with Gasteiger partial charge < -0.3 is 14.7 Å². The minimum absolute atomic E-state index is 0.0355. The molecular formula is C19H22FN5O3S. The molecule has 3 heterocycles. The maximum atomic E-state index is 14.7. The topological polar surface area (TPSA) is 83.2 Å². The van der Waals surface area contributed by atoms with Gasteiger partial charge in [-0.3, -0.25) is 4.90 Å². The average Bonchev–Trinajstić information content (AvgIpc) is 3.22. The van der Waals surface area contributed by atoms with Crippen molar-refractivity contribution < 1.29 is 19.0 Å². The second-order valence-electron chi connectivity index (χ2n) is 6.79. The van der Waals surface area contributed by atoms with Gasteiger partial charge in [-0.25, -0.2) is 14.2 Å². The molecule has 1 aliphatic rings. The summed E-state index contributed by atoms with van der Waals surface area (Å²) in [6.45, 7) is 5.81. The highest BCUT2D eigenvalue weighted by molar-refractivity contribution is 7.17. The molecule has 4 rings (SSSR count). The standard InChI is InChI=1S/C19H22FN5O3S/c1-3-28-19(27)24-10-8-23(9-11-24)15(13-6-4-5-7-14(13)20)16-17(26)25-18(29-16)21-12(2)22-25/h4-7,15,26H,3,8-11H2,1-2H3. The summed E-state index contributed by atoms with van der Waals surface area (Å²) in [6, 6.07) is 6.04. The lowest BCUT2D eigenvalue weighted by molar-refractivity contribution is 0.0710. The number of piperazine rings is 1. The minimum atomic E-state index is -0.505. The monoisotopic (exact) mass is 419 g/mol. The molecule has 8 nitrogen and oxygen atoms in total. The maximum absolute atomic E-state index is 14.7. The van der Waals surface area contributed by atoms with Crippen LogP contribution < -0.4 is 0 Å². The number of rotatable bonds is 4. The third-order valence-electron chi connectivity index (χ3n) is 4.96. The van der Waals surface area contributed by atoms with Gasteiger partial charge in [0.05, 0.1) is 17.5 Å². The van der Waals surface area contributed by atoms with Crippen molar-refractivity contribution in [2.75, 3.05) is 32.8 Å². The van der Waals surface area contributed by atoms with Gasteiger partial charge in [0.1, 0.15) is 11.6 Å². The van der Waals surface area contributed by atoms with E-state index in [2.05, 4.69) is 15.0 Å². The van der Waals surface area contributed by atoms with E-state index in [9.17, 15) is 14.3 Å². The number of hydrogen-bond donors (Lipinski definition) is 1. The van der Waals surface area contributed by atoms with Crippen LogP contribution in [-0.2, 0) is 4.74 Å². The summed E-state index contributed by atoms with van der Waals surface area (Å²) in [5.41, 5.74) is 0.466. The van der Waals surface area contributed by atoms with E-state index >= 15 is 0 Å².